The Kier molecular flexibility index (Phi) is 4.91. The lowest BCUT2D eigenvalue weighted by Crippen LogP contribution is -2.39. The van der Waals surface area contributed by atoms with Gasteiger partial charge in [0, 0.05) is 17.5 Å². The quantitative estimate of drug-likeness (QED) is 0.788. The molecule has 1 aromatic carbocycles. The zero-order valence-corrected chi connectivity index (χ0v) is 11.7. The molecule has 0 fully saturated rings. The molecule has 1 atom stereocenters. The Morgan fingerprint density at radius 1 is 1.33 bits per heavy atom. The molecule has 0 aromatic heterocycles. The highest BCUT2D eigenvalue weighted by molar-refractivity contribution is 5.96. The fraction of sp³-hybridized carbons (Fsp3) is 0.533. The molecule has 0 radical (unpaired) electrons. The lowest BCUT2D eigenvalue weighted by Gasteiger charge is -2.25. The van der Waals surface area contributed by atoms with Crippen molar-refractivity contribution in [2.24, 2.45) is 11.7 Å². The number of carbonyl (C=O) groups excluding carboxylic acids is 1. The maximum absolute atomic E-state index is 12.1. The van der Waals surface area contributed by atoms with E-state index in [4.69, 9.17) is 10.5 Å². The number of benzene rings is 1. The first-order valence-corrected chi connectivity index (χ1v) is 6.30. The number of ketones is 1. The molecule has 0 amide bonds. The minimum Gasteiger partial charge on any atom is -0.497 e. The van der Waals surface area contributed by atoms with Gasteiger partial charge in [0.05, 0.1) is 7.11 Å². The first kappa shape index (κ1) is 14.7. The summed E-state index contributed by atoms with van der Waals surface area (Å²) in [4.78, 5) is 12.1. The van der Waals surface area contributed by atoms with Crippen LogP contribution in [0.5, 0.6) is 5.75 Å². The summed E-state index contributed by atoms with van der Waals surface area (Å²) in [5, 5.41) is 0. The molecule has 1 aromatic rings. The molecular weight excluding hydrogens is 226 g/mol. The molecule has 3 nitrogen and oxygen atoms in total. The second kappa shape index (κ2) is 6.01. The molecule has 2 N–H and O–H groups in total. The molecule has 0 aliphatic heterocycles. The number of nitrogens with two attached hydrogens (primary N) is 1. The predicted octanol–water partition coefficient (Wildman–Crippen LogP) is 3.03. The normalized spacial score (nSPS) is 14.3. The van der Waals surface area contributed by atoms with Crippen molar-refractivity contribution in [2.75, 3.05) is 7.11 Å². The third-order valence-corrected chi connectivity index (χ3v) is 2.85. The number of methoxy groups -OCH3 is 1. The van der Waals surface area contributed by atoms with Crippen LogP contribution < -0.4 is 10.5 Å². The maximum atomic E-state index is 12.1. The fourth-order valence-electron chi connectivity index (χ4n) is 2.25. The molecule has 0 saturated carbocycles. The van der Waals surface area contributed by atoms with Crippen LogP contribution in [-0.4, -0.2) is 18.4 Å². The minimum absolute atomic E-state index is 0.0864. The molecule has 1 rings (SSSR count). The third-order valence-electron chi connectivity index (χ3n) is 2.85. The lowest BCUT2D eigenvalue weighted by molar-refractivity contribution is 0.0949. The lowest BCUT2D eigenvalue weighted by atomic mass is 9.86. The van der Waals surface area contributed by atoms with Crippen LogP contribution in [0.4, 0.5) is 0 Å². The average molecular weight is 249 g/mol. The molecule has 3 heteroatoms. The van der Waals surface area contributed by atoms with Gasteiger partial charge < -0.3 is 10.5 Å². The smallest absolute Gasteiger partial charge is 0.164 e. The SMILES string of the molecule is COc1ccc(C(=O)CC(C)(N)CC(C)C)cc1. The number of Topliss-reactive ketones (excluding diaryl/α,β-unsaturated/α-hetero) is 1. The summed E-state index contributed by atoms with van der Waals surface area (Å²) in [5.41, 5.74) is 6.42. The number of hydrogen-bond acceptors (Lipinski definition) is 3. The van der Waals surface area contributed by atoms with Crippen molar-refractivity contribution in [1.29, 1.82) is 0 Å². The molecule has 0 aliphatic rings. The van der Waals surface area contributed by atoms with Crippen molar-refractivity contribution >= 4 is 5.78 Å². The second-order valence-electron chi connectivity index (χ2n) is 5.58. The van der Waals surface area contributed by atoms with Gasteiger partial charge in [0.15, 0.2) is 5.78 Å². The highest BCUT2D eigenvalue weighted by atomic mass is 16.5. The van der Waals surface area contributed by atoms with Gasteiger partial charge in [-0.15, -0.1) is 0 Å². The Bertz CT molecular complexity index is 393. The van der Waals surface area contributed by atoms with Crippen LogP contribution in [0.25, 0.3) is 0 Å². The Balaban J connectivity index is 2.69. The summed E-state index contributed by atoms with van der Waals surface area (Å²) in [6, 6.07) is 7.16. The van der Waals surface area contributed by atoms with Crippen LogP contribution in [0.3, 0.4) is 0 Å². The molecule has 0 aliphatic carbocycles. The summed E-state index contributed by atoms with van der Waals surface area (Å²) in [6.07, 6.45) is 1.21. The first-order chi connectivity index (χ1) is 8.34. The van der Waals surface area contributed by atoms with Crippen molar-refractivity contribution in [2.45, 2.75) is 39.2 Å². The van der Waals surface area contributed by atoms with Gasteiger partial charge in [0.2, 0.25) is 0 Å². The standard InChI is InChI=1S/C15H23NO2/c1-11(2)9-15(3,16)10-14(17)12-5-7-13(18-4)8-6-12/h5-8,11H,9-10,16H2,1-4H3. The summed E-state index contributed by atoms with van der Waals surface area (Å²) in [5.74, 6) is 1.33. The third kappa shape index (κ3) is 4.49. The summed E-state index contributed by atoms with van der Waals surface area (Å²) in [7, 11) is 1.61. The van der Waals surface area contributed by atoms with Gasteiger partial charge in [-0.25, -0.2) is 0 Å². The zero-order chi connectivity index (χ0) is 13.8. The van der Waals surface area contributed by atoms with Crippen molar-refractivity contribution < 1.29 is 9.53 Å². The van der Waals surface area contributed by atoms with E-state index in [1.807, 2.05) is 6.92 Å². The van der Waals surface area contributed by atoms with Gasteiger partial charge in [-0.2, -0.15) is 0 Å². The molecule has 0 saturated heterocycles. The van der Waals surface area contributed by atoms with Crippen molar-refractivity contribution in [3.05, 3.63) is 29.8 Å². The summed E-state index contributed by atoms with van der Waals surface area (Å²) >= 11 is 0. The Hall–Kier alpha value is -1.35. The van der Waals surface area contributed by atoms with Gasteiger partial charge in [-0.05, 0) is 43.5 Å². The average Bonchev–Trinajstić information content (AvgIpc) is 2.26. The van der Waals surface area contributed by atoms with E-state index in [9.17, 15) is 4.79 Å². The summed E-state index contributed by atoms with van der Waals surface area (Å²) in [6.45, 7) is 6.17. The van der Waals surface area contributed by atoms with Crippen LogP contribution in [0.15, 0.2) is 24.3 Å². The van der Waals surface area contributed by atoms with Crippen molar-refractivity contribution in [1.82, 2.24) is 0 Å². The zero-order valence-electron chi connectivity index (χ0n) is 11.7. The van der Waals surface area contributed by atoms with Crippen molar-refractivity contribution in [3.63, 3.8) is 0 Å². The van der Waals surface area contributed by atoms with Crippen LogP contribution in [-0.2, 0) is 0 Å². The molecular formula is C15H23NO2. The predicted molar refractivity (Wildman–Crippen MR) is 74.0 cm³/mol. The van der Waals surface area contributed by atoms with Crippen LogP contribution in [0.2, 0.25) is 0 Å². The highest BCUT2D eigenvalue weighted by Gasteiger charge is 2.24. The molecule has 0 bridgehead atoms. The number of rotatable bonds is 6. The van der Waals surface area contributed by atoms with Gasteiger partial charge in [-0.1, -0.05) is 13.8 Å². The summed E-state index contributed by atoms with van der Waals surface area (Å²) < 4.78 is 5.07. The highest BCUT2D eigenvalue weighted by Crippen LogP contribution is 2.21. The van der Waals surface area contributed by atoms with Crippen LogP contribution in [0, 0.1) is 5.92 Å². The first-order valence-electron chi connectivity index (χ1n) is 6.30. The molecule has 0 spiro atoms. The van der Waals surface area contributed by atoms with E-state index >= 15 is 0 Å². The van der Waals surface area contributed by atoms with E-state index in [1.165, 1.54) is 0 Å². The second-order valence-corrected chi connectivity index (χ2v) is 5.58. The van der Waals surface area contributed by atoms with E-state index in [1.54, 1.807) is 31.4 Å². The number of hydrogen-bond donors (Lipinski definition) is 1. The van der Waals surface area contributed by atoms with Gasteiger partial charge >= 0.3 is 0 Å². The van der Waals surface area contributed by atoms with Crippen LogP contribution in [0.1, 0.15) is 44.0 Å². The van der Waals surface area contributed by atoms with Crippen molar-refractivity contribution in [3.8, 4) is 5.75 Å². The fourth-order valence-corrected chi connectivity index (χ4v) is 2.25. The Morgan fingerprint density at radius 2 is 1.89 bits per heavy atom. The van der Waals surface area contributed by atoms with E-state index in [0.717, 1.165) is 12.2 Å². The molecule has 100 valence electrons. The van der Waals surface area contributed by atoms with E-state index in [-0.39, 0.29) is 5.78 Å². The minimum atomic E-state index is -0.439. The molecule has 18 heavy (non-hydrogen) atoms. The number of ether oxygens (including phenoxy) is 1. The van der Waals surface area contributed by atoms with Gasteiger partial charge in [0.1, 0.15) is 5.75 Å². The topological polar surface area (TPSA) is 52.3 Å². The maximum Gasteiger partial charge on any atom is 0.164 e. The van der Waals surface area contributed by atoms with Gasteiger partial charge in [-0.3, -0.25) is 4.79 Å². The monoisotopic (exact) mass is 249 g/mol. The van der Waals surface area contributed by atoms with E-state index in [0.29, 0.717) is 17.9 Å². The van der Waals surface area contributed by atoms with Crippen LogP contribution >= 0.6 is 0 Å². The Labute approximate surface area is 109 Å². The molecule has 1 unspecified atom stereocenters. The molecule has 0 heterocycles. The Morgan fingerprint density at radius 3 is 2.33 bits per heavy atom. The van der Waals surface area contributed by atoms with E-state index < -0.39 is 5.54 Å². The number of carbonyl (C=O) groups is 1. The van der Waals surface area contributed by atoms with E-state index in [2.05, 4.69) is 13.8 Å². The van der Waals surface area contributed by atoms with Gasteiger partial charge in [0.25, 0.3) is 0 Å². The largest absolute Gasteiger partial charge is 0.497 e.